The largest absolute Gasteiger partial charge is 0.322 e. The van der Waals surface area contributed by atoms with E-state index in [0.29, 0.717) is 24.0 Å². The number of hydrogen-bond donors (Lipinski definition) is 1. The summed E-state index contributed by atoms with van der Waals surface area (Å²) in [5, 5.41) is 13.8. The quantitative estimate of drug-likeness (QED) is 0.384. The van der Waals surface area contributed by atoms with Gasteiger partial charge in [-0.2, -0.15) is 0 Å². The Morgan fingerprint density at radius 1 is 0.974 bits per heavy atom. The number of rotatable bonds is 7. The fourth-order valence-electron chi connectivity index (χ4n) is 6.28. The minimum atomic E-state index is -0.396. The molecule has 1 saturated heterocycles. The molecule has 4 aromatic rings. The van der Waals surface area contributed by atoms with E-state index in [-0.39, 0.29) is 11.4 Å². The van der Waals surface area contributed by atoms with Crippen molar-refractivity contribution in [2.24, 2.45) is 0 Å². The fourth-order valence-corrected chi connectivity index (χ4v) is 6.28. The maximum atomic E-state index is 13.6. The van der Waals surface area contributed by atoms with Gasteiger partial charge >= 0.3 is 0 Å². The Morgan fingerprint density at radius 2 is 1.72 bits per heavy atom. The summed E-state index contributed by atoms with van der Waals surface area (Å²) >= 11 is 0. The van der Waals surface area contributed by atoms with Crippen LogP contribution in [0.15, 0.2) is 53.3 Å². The van der Waals surface area contributed by atoms with E-state index in [4.69, 9.17) is 0 Å². The van der Waals surface area contributed by atoms with Crippen molar-refractivity contribution in [1.29, 1.82) is 0 Å². The second-order valence-electron chi connectivity index (χ2n) is 10.9. The molecule has 3 heterocycles. The predicted molar refractivity (Wildman–Crippen MR) is 149 cm³/mol. The van der Waals surface area contributed by atoms with Crippen molar-refractivity contribution in [3.05, 3.63) is 87.2 Å². The van der Waals surface area contributed by atoms with Gasteiger partial charge in [0.25, 0.3) is 5.56 Å². The maximum absolute atomic E-state index is 13.6. The number of aromatic amines is 1. The summed E-state index contributed by atoms with van der Waals surface area (Å²) in [5.41, 5.74) is 3.47. The van der Waals surface area contributed by atoms with Gasteiger partial charge in [0.15, 0.2) is 5.82 Å². The number of aryl methyl sites for hydroxylation is 1. The summed E-state index contributed by atoms with van der Waals surface area (Å²) in [6, 6.07) is 14.9. The van der Waals surface area contributed by atoms with E-state index < -0.39 is 6.04 Å². The number of H-pyrrole nitrogens is 1. The standard InChI is InChI=1S/C30H36FN7O/c1-2-21-10-13-27-23(18-21)19-26(30(39)32-27)28(37-16-14-36(15-17-37)25-6-4-3-5-7-25)29-33-34-35-38(29)20-22-8-11-24(31)12-9-22/h8-13,18-19,25,28H,2-7,14-17,20H2,1H3,(H,32,39)/t28-/m1/s1. The first-order valence-corrected chi connectivity index (χ1v) is 14.2. The molecule has 1 atom stereocenters. The Balaban J connectivity index is 1.37. The van der Waals surface area contributed by atoms with Crippen LogP contribution in [0.2, 0.25) is 0 Å². The lowest BCUT2D eigenvalue weighted by molar-refractivity contribution is 0.0618. The highest BCUT2D eigenvalue weighted by molar-refractivity contribution is 5.80. The molecule has 9 heteroatoms. The van der Waals surface area contributed by atoms with Gasteiger partial charge < -0.3 is 4.98 Å². The number of hydrogen-bond acceptors (Lipinski definition) is 6. The van der Waals surface area contributed by atoms with Crippen molar-refractivity contribution in [1.82, 2.24) is 35.0 Å². The summed E-state index contributed by atoms with van der Waals surface area (Å²) in [4.78, 5) is 21.7. The number of pyridine rings is 1. The number of nitrogens with zero attached hydrogens (tertiary/aromatic N) is 6. The molecule has 0 spiro atoms. The Morgan fingerprint density at radius 3 is 2.46 bits per heavy atom. The lowest BCUT2D eigenvalue weighted by Crippen LogP contribution is -2.52. The van der Waals surface area contributed by atoms with E-state index in [1.54, 1.807) is 16.8 Å². The van der Waals surface area contributed by atoms with Crippen molar-refractivity contribution in [2.45, 2.75) is 64.1 Å². The van der Waals surface area contributed by atoms with Gasteiger partial charge in [-0.1, -0.05) is 44.4 Å². The normalized spacial score (nSPS) is 18.5. The molecular formula is C30H36FN7O. The summed E-state index contributed by atoms with van der Waals surface area (Å²) in [6.07, 6.45) is 7.47. The average molecular weight is 530 g/mol. The van der Waals surface area contributed by atoms with Gasteiger partial charge in [0.05, 0.1) is 6.54 Å². The van der Waals surface area contributed by atoms with Gasteiger partial charge in [-0.3, -0.25) is 14.6 Å². The second kappa shape index (κ2) is 11.4. The van der Waals surface area contributed by atoms with Crippen LogP contribution in [-0.2, 0) is 13.0 Å². The number of nitrogens with one attached hydrogen (secondary N) is 1. The van der Waals surface area contributed by atoms with Gasteiger partial charge in [-0.15, -0.1) is 5.10 Å². The van der Waals surface area contributed by atoms with Crippen LogP contribution in [-0.4, -0.2) is 67.2 Å². The first kappa shape index (κ1) is 25.8. The third-order valence-electron chi connectivity index (χ3n) is 8.50. The predicted octanol–water partition coefficient (Wildman–Crippen LogP) is 4.30. The van der Waals surface area contributed by atoms with Crippen LogP contribution in [0.4, 0.5) is 4.39 Å². The van der Waals surface area contributed by atoms with Crippen LogP contribution < -0.4 is 5.56 Å². The Kier molecular flexibility index (Phi) is 7.52. The molecule has 2 aromatic carbocycles. The van der Waals surface area contributed by atoms with Crippen LogP contribution >= 0.6 is 0 Å². The number of piperazine rings is 1. The van der Waals surface area contributed by atoms with E-state index in [9.17, 15) is 9.18 Å². The van der Waals surface area contributed by atoms with E-state index in [1.165, 1.54) is 49.8 Å². The highest BCUT2D eigenvalue weighted by Gasteiger charge is 2.34. The maximum Gasteiger partial charge on any atom is 0.253 e. The number of tetrazole rings is 1. The molecule has 0 amide bonds. The Labute approximate surface area is 227 Å². The number of benzene rings is 2. The first-order valence-electron chi connectivity index (χ1n) is 14.2. The zero-order valence-corrected chi connectivity index (χ0v) is 22.5. The lowest BCUT2D eigenvalue weighted by atomic mass is 9.93. The van der Waals surface area contributed by atoms with Crippen LogP contribution in [0.25, 0.3) is 10.9 Å². The van der Waals surface area contributed by atoms with Crippen molar-refractivity contribution in [3.63, 3.8) is 0 Å². The third kappa shape index (κ3) is 5.51. The molecule has 2 aromatic heterocycles. The minimum Gasteiger partial charge on any atom is -0.322 e. The third-order valence-corrected chi connectivity index (χ3v) is 8.50. The molecule has 0 radical (unpaired) electrons. The van der Waals surface area contributed by atoms with Crippen LogP contribution in [0.3, 0.4) is 0 Å². The van der Waals surface area contributed by atoms with Gasteiger partial charge in [0, 0.05) is 43.3 Å². The molecule has 1 aliphatic heterocycles. The smallest absolute Gasteiger partial charge is 0.253 e. The molecule has 1 N–H and O–H groups in total. The highest BCUT2D eigenvalue weighted by Crippen LogP contribution is 2.30. The summed E-state index contributed by atoms with van der Waals surface area (Å²) in [7, 11) is 0. The molecule has 0 unspecified atom stereocenters. The molecule has 2 fully saturated rings. The van der Waals surface area contributed by atoms with Crippen LogP contribution in [0.1, 0.15) is 67.6 Å². The SMILES string of the molecule is CCc1ccc2[nH]c(=O)c([C@H](c3nnnn3Cc3ccc(F)cc3)N3CCN(C4CCCCC4)CC3)cc2c1. The zero-order valence-electron chi connectivity index (χ0n) is 22.5. The molecule has 8 nitrogen and oxygen atoms in total. The topological polar surface area (TPSA) is 82.9 Å². The first-order chi connectivity index (χ1) is 19.1. The summed E-state index contributed by atoms with van der Waals surface area (Å²) < 4.78 is 15.3. The van der Waals surface area contributed by atoms with E-state index >= 15 is 0 Å². The number of fused-ring (bicyclic) bond motifs is 1. The molecule has 0 bridgehead atoms. The van der Waals surface area contributed by atoms with Gasteiger partial charge in [-0.25, -0.2) is 9.07 Å². The Hall–Kier alpha value is -3.43. The molecule has 1 aliphatic carbocycles. The lowest BCUT2D eigenvalue weighted by Gasteiger charge is -2.43. The van der Waals surface area contributed by atoms with Crippen molar-refractivity contribution in [2.75, 3.05) is 26.2 Å². The molecule has 6 rings (SSSR count). The molecule has 204 valence electrons. The van der Waals surface area contributed by atoms with Crippen LogP contribution in [0.5, 0.6) is 0 Å². The van der Waals surface area contributed by atoms with E-state index in [0.717, 1.165) is 49.1 Å². The number of halogens is 1. The summed E-state index contributed by atoms with van der Waals surface area (Å²) in [5.74, 6) is 0.348. The molecular weight excluding hydrogens is 493 g/mol. The van der Waals surface area contributed by atoms with Gasteiger partial charge in [0.1, 0.15) is 11.9 Å². The van der Waals surface area contributed by atoms with Gasteiger partial charge in [-0.05, 0) is 76.5 Å². The monoisotopic (exact) mass is 529 g/mol. The highest BCUT2D eigenvalue weighted by atomic mass is 19.1. The van der Waals surface area contributed by atoms with Gasteiger partial charge in [0.2, 0.25) is 0 Å². The number of aromatic nitrogens is 5. The average Bonchev–Trinajstić information content (AvgIpc) is 3.42. The van der Waals surface area contributed by atoms with E-state index in [1.807, 2.05) is 12.1 Å². The summed E-state index contributed by atoms with van der Waals surface area (Å²) in [6.45, 7) is 6.12. The van der Waals surface area contributed by atoms with E-state index in [2.05, 4.69) is 49.4 Å². The Bertz CT molecular complexity index is 1470. The molecule has 2 aliphatic rings. The second-order valence-corrected chi connectivity index (χ2v) is 10.9. The molecule has 1 saturated carbocycles. The fraction of sp³-hybridized carbons (Fsp3) is 0.467. The van der Waals surface area contributed by atoms with Crippen molar-refractivity contribution in [3.8, 4) is 0 Å². The van der Waals surface area contributed by atoms with Crippen LogP contribution in [0, 0.1) is 5.82 Å². The molecule has 39 heavy (non-hydrogen) atoms. The minimum absolute atomic E-state index is 0.122. The van der Waals surface area contributed by atoms with Crippen molar-refractivity contribution < 1.29 is 4.39 Å². The zero-order chi connectivity index (χ0) is 26.8. The van der Waals surface area contributed by atoms with Crippen molar-refractivity contribution >= 4 is 10.9 Å².